The molecule has 0 radical (unpaired) electrons. The largest absolute Gasteiger partial charge is 0.368 e. The van der Waals surface area contributed by atoms with Gasteiger partial charge in [-0.15, -0.1) is 0 Å². The zero-order chi connectivity index (χ0) is 14.8. The molecule has 1 unspecified atom stereocenters. The molecule has 1 aromatic carbocycles. The molecule has 1 aromatic rings. The summed E-state index contributed by atoms with van der Waals surface area (Å²) in [7, 11) is -4.17. The van der Waals surface area contributed by atoms with E-state index in [1.54, 1.807) is 6.92 Å². The number of rotatable bonds is 5. The minimum atomic E-state index is -4.17. The van der Waals surface area contributed by atoms with Crippen LogP contribution in [0.3, 0.4) is 0 Å². The van der Waals surface area contributed by atoms with E-state index in [1.807, 2.05) is 0 Å². The topological polar surface area (TPSA) is 89.3 Å². The molecule has 0 aliphatic heterocycles. The molecule has 0 spiro atoms. The van der Waals surface area contributed by atoms with Crippen LogP contribution < -0.4 is 10.5 Å². The van der Waals surface area contributed by atoms with Crippen LogP contribution >= 0.6 is 0 Å². The molecule has 0 heterocycles. The first-order valence-electron chi connectivity index (χ1n) is 5.41. The molecule has 0 fully saturated rings. The first-order valence-corrected chi connectivity index (χ1v) is 6.89. The number of hydrogen-bond acceptors (Lipinski definition) is 3. The fourth-order valence-electron chi connectivity index (χ4n) is 1.30. The van der Waals surface area contributed by atoms with Gasteiger partial charge in [0.15, 0.2) is 11.6 Å². The van der Waals surface area contributed by atoms with Crippen LogP contribution in [0.1, 0.15) is 20.3 Å². The average molecular weight is 292 g/mol. The van der Waals surface area contributed by atoms with E-state index in [9.17, 15) is 22.0 Å². The predicted octanol–water partition coefficient (Wildman–Crippen LogP) is 0.897. The fraction of sp³-hybridized carbons (Fsp3) is 0.364. The zero-order valence-electron chi connectivity index (χ0n) is 10.4. The van der Waals surface area contributed by atoms with Crippen LogP contribution in [-0.4, -0.2) is 19.9 Å². The summed E-state index contributed by atoms with van der Waals surface area (Å²) in [6.07, 6.45) is 0.116. The van der Waals surface area contributed by atoms with Crippen LogP contribution in [0, 0.1) is 11.6 Å². The number of primary amides is 1. The number of sulfonamides is 1. The van der Waals surface area contributed by atoms with Gasteiger partial charge in [0, 0.05) is 0 Å². The lowest BCUT2D eigenvalue weighted by atomic mass is 10.0. The minimum Gasteiger partial charge on any atom is -0.368 e. The summed E-state index contributed by atoms with van der Waals surface area (Å²) >= 11 is 0. The van der Waals surface area contributed by atoms with Crippen LogP contribution in [-0.2, 0) is 14.8 Å². The van der Waals surface area contributed by atoms with Crippen LogP contribution in [0.5, 0.6) is 0 Å². The van der Waals surface area contributed by atoms with Crippen molar-refractivity contribution in [3.63, 3.8) is 0 Å². The molecular weight excluding hydrogens is 278 g/mol. The van der Waals surface area contributed by atoms with Crippen molar-refractivity contribution in [2.45, 2.75) is 30.7 Å². The molecular formula is C11H14F2N2O3S. The Kier molecular flexibility index (Phi) is 4.26. The number of nitrogens with one attached hydrogen (secondary N) is 1. The van der Waals surface area contributed by atoms with Gasteiger partial charge < -0.3 is 5.73 Å². The number of carbonyl (C=O) groups is 1. The smallest absolute Gasteiger partial charge is 0.241 e. The number of nitrogens with two attached hydrogens (primary N) is 1. The van der Waals surface area contributed by atoms with E-state index in [-0.39, 0.29) is 6.42 Å². The van der Waals surface area contributed by atoms with Gasteiger partial charge in [-0.25, -0.2) is 17.2 Å². The first-order chi connectivity index (χ1) is 8.62. The van der Waals surface area contributed by atoms with Crippen molar-refractivity contribution in [3.05, 3.63) is 29.8 Å². The Morgan fingerprint density at radius 2 is 1.95 bits per heavy atom. The highest BCUT2D eigenvalue weighted by molar-refractivity contribution is 7.89. The highest BCUT2D eigenvalue weighted by Crippen LogP contribution is 2.18. The Hall–Kier alpha value is -1.54. The third-order valence-corrected chi connectivity index (χ3v) is 4.41. The normalized spacial score (nSPS) is 14.9. The summed E-state index contributed by atoms with van der Waals surface area (Å²) in [6, 6.07) is 2.13. The number of halogens is 2. The number of amides is 1. The maximum atomic E-state index is 13.0. The van der Waals surface area contributed by atoms with Gasteiger partial charge in [0.2, 0.25) is 15.9 Å². The quantitative estimate of drug-likeness (QED) is 0.845. The molecule has 106 valence electrons. The van der Waals surface area contributed by atoms with E-state index >= 15 is 0 Å². The van der Waals surface area contributed by atoms with Crippen LogP contribution in [0.2, 0.25) is 0 Å². The molecule has 0 aromatic heterocycles. The molecule has 0 saturated carbocycles. The summed E-state index contributed by atoms with van der Waals surface area (Å²) in [5, 5.41) is 0. The fourth-order valence-corrected chi connectivity index (χ4v) is 2.76. The van der Waals surface area contributed by atoms with Crippen molar-refractivity contribution in [2.75, 3.05) is 0 Å². The van der Waals surface area contributed by atoms with E-state index in [1.165, 1.54) is 6.92 Å². The highest BCUT2D eigenvalue weighted by atomic mass is 32.2. The van der Waals surface area contributed by atoms with Gasteiger partial charge in [-0.1, -0.05) is 6.92 Å². The predicted molar refractivity (Wildman–Crippen MR) is 64.6 cm³/mol. The summed E-state index contributed by atoms with van der Waals surface area (Å²) in [5.74, 6) is -3.31. The third-order valence-electron chi connectivity index (χ3n) is 2.81. The van der Waals surface area contributed by atoms with Crippen molar-refractivity contribution in [3.8, 4) is 0 Å². The summed E-state index contributed by atoms with van der Waals surface area (Å²) in [5.41, 5.74) is 3.62. The minimum absolute atomic E-state index is 0.116. The van der Waals surface area contributed by atoms with Crippen LogP contribution in [0.15, 0.2) is 23.1 Å². The molecule has 0 aliphatic carbocycles. The van der Waals surface area contributed by atoms with Gasteiger partial charge in [-0.2, -0.15) is 4.72 Å². The zero-order valence-corrected chi connectivity index (χ0v) is 11.2. The molecule has 0 bridgehead atoms. The second-order valence-electron chi connectivity index (χ2n) is 4.23. The van der Waals surface area contributed by atoms with Crippen LogP contribution in [0.4, 0.5) is 8.78 Å². The molecule has 1 atom stereocenters. The van der Waals surface area contributed by atoms with Crippen molar-refractivity contribution in [1.82, 2.24) is 4.72 Å². The first kappa shape index (κ1) is 15.5. The van der Waals surface area contributed by atoms with E-state index < -0.39 is 38.0 Å². The van der Waals surface area contributed by atoms with Gasteiger partial charge in [-0.3, -0.25) is 4.79 Å². The van der Waals surface area contributed by atoms with Crippen molar-refractivity contribution in [2.24, 2.45) is 5.73 Å². The molecule has 3 N–H and O–H groups in total. The van der Waals surface area contributed by atoms with E-state index in [2.05, 4.69) is 4.72 Å². The van der Waals surface area contributed by atoms with Gasteiger partial charge in [0.05, 0.1) is 4.90 Å². The number of benzene rings is 1. The molecule has 1 rings (SSSR count). The van der Waals surface area contributed by atoms with Gasteiger partial charge in [-0.05, 0) is 31.5 Å². The third kappa shape index (κ3) is 3.27. The number of carbonyl (C=O) groups excluding carboxylic acids is 1. The Bertz CT molecular complexity index is 604. The van der Waals surface area contributed by atoms with Gasteiger partial charge in [0.1, 0.15) is 5.54 Å². The van der Waals surface area contributed by atoms with Gasteiger partial charge >= 0.3 is 0 Å². The lowest BCUT2D eigenvalue weighted by Crippen LogP contribution is -2.54. The summed E-state index contributed by atoms with van der Waals surface area (Å²) < 4.78 is 51.8. The van der Waals surface area contributed by atoms with E-state index in [0.717, 1.165) is 6.07 Å². The Labute approximate surface area is 109 Å². The second kappa shape index (κ2) is 5.22. The number of hydrogen-bond donors (Lipinski definition) is 2. The monoisotopic (exact) mass is 292 g/mol. The van der Waals surface area contributed by atoms with Crippen molar-refractivity contribution >= 4 is 15.9 Å². The molecule has 0 aliphatic rings. The van der Waals surface area contributed by atoms with Gasteiger partial charge in [0.25, 0.3) is 0 Å². The average Bonchev–Trinajstić information content (AvgIpc) is 2.31. The molecule has 0 saturated heterocycles. The summed E-state index contributed by atoms with van der Waals surface area (Å²) in [4.78, 5) is 10.8. The molecule has 19 heavy (non-hydrogen) atoms. The highest BCUT2D eigenvalue weighted by Gasteiger charge is 2.34. The molecule has 5 nitrogen and oxygen atoms in total. The van der Waals surface area contributed by atoms with E-state index in [4.69, 9.17) is 5.73 Å². The second-order valence-corrected chi connectivity index (χ2v) is 5.91. The SMILES string of the molecule is CCC(C)(NS(=O)(=O)c1ccc(F)c(F)c1)C(N)=O. The standard InChI is InChI=1S/C11H14F2N2O3S/c1-3-11(2,10(14)16)15-19(17,18)7-4-5-8(12)9(13)6-7/h4-6,15H,3H2,1-2H3,(H2,14,16). The lowest BCUT2D eigenvalue weighted by molar-refractivity contribution is -0.123. The Morgan fingerprint density at radius 1 is 1.37 bits per heavy atom. The molecule has 1 amide bonds. The van der Waals surface area contributed by atoms with Crippen molar-refractivity contribution < 1.29 is 22.0 Å². The maximum Gasteiger partial charge on any atom is 0.241 e. The van der Waals surface area contributed by atoms with Crippen molar-refractivity contribution in [1.29, 1.82) is 0 Å². The van der Waals surface area contributed by atoms with E-state index in [0.29, 0.717) is 12.1 Å². The van der Waals surface area contributed by atoms with Crippen LogP contribution in [0.25, 0.3) is 0 Å². The summed E-state index contributed by atoms with van der Waals surface area (Å²) in [6.45, 7) is 2.88. The Morgan fingerprint density at radius 3 is 2.37 bits per heavy atom. The molecule has 8 heteroatoms. The lowest BCUT2D eigenvalue weighted by Gasteiger charge is -2.25. The Balaban J connectivity index is 3.18. The maximum absolute atomic E-state index is 13.0.